The molecule has 0 bridgehead atoms. The molecular weight excluding hydrogens is 441 g/mol. The first-order chi connectivity index (χ1) is 13.5. The van der Waals surface area contributed by atoms with Gasteiger partial charge in [-0.05, 0) is 29.8 Å². The van der Waals surface area contributed by atoms with Crippen molar-refractivity contribution in [2.24, 2.45) is 10.1 Å². The fourth-order valence-electron chi connectivity index (χ4n) is 3.67. The van der Waals surface area contributed by atoms with Crippen molar-refractivity contribution >= 4 is 63.4 Å². The van der Waals surface area contributed by atoms with Crippen molar-refractivity contribution in [3.05, 3.63) is 68.7 Å². The number of aliphatic imine (C=N–C) groups is 1. The van der Waals surface area contributed by atoms with Crippen LogP contribution in [0.2, 0.25) is 15.1 Å². The van der Waals surface area contributed by atoms with E-state index in [1.54, 1.807) is 35.2 Å². The van der Waals surface area contributed by atoms with Crippen LogP contribution in [0.1, 0.15) is 17.2 Å². The zero-order chi connectivity index (χ0) is 19.5. The molecule has 142 valence electrons. The lowest BCUT2D eigenvalue weighted by Gasteiger charge is -2.27. The second kappa shape index (κ2) is 6.66. The van der Waals surface area contributed by atoms with Gasteiger partial charge in [-0.15, -0.1) is 0 Å². The van der Waals surface area contributed by atoms with E-state index >= 15 is 0 Å². The van der Waals surface area contributed by atoms with Crippen molar-refractivity contribution in [1.29, 1.82) is 0 Å². The summed E-state index contributed by atoms with van der Waals surface area (Å²) in [7, 11) is 0. The number of hydrogen-bond donors (Lipinski definition) is 0. The summed E-state index contributed by atoms with van der Waals surface area (Å²) in [5, 5.41) is 6.40. The van der Waals surface area contributed by atoms with Crippen molar-refractivity contribution in [2.75, 3.05) is 13.1 Å². The molecule has 2 aromatic carbocycles. The summed E-state index contributed by atoms with van der Waals surface area (Å²) in [5.41, 5.74) is 1.70. The molecule has 3 heterocycles. The van der Waals surface area contributed by atoms with E-state index < -0.39 is 10.9 Å². The number of thioether (sulfide) groups is 1. The molecule has 0 aliphatic carbocycles. The Balaban J connectivity index is 1.70. The zero-order valence-corrected chi connectivity index (χ0v) is 17.3. The van der Waals surface area contributed by atoms with E-state index in [2.05, 4.69) is 10.1 Å². The molecule has 0 N–H and O–H groups in total. The van der Waals surface area contributed by atoms with Gasteiger partial charge in [-0.1, -0.05) is 69.9 Å². The van der Waals surface area contributed by atoms with E-state index in [4.69, 9.17) is 39.6 Å². The van der Waals surface area contributed by atoms with Gasteiger partial charge in [0.2, 0.25) is 0 Å². The molecule has 2 atom stereocenters. The van der Waals surface area contributed by atoms with E-state index in [1.807, 2.05) is 12.1 Å². The molecule has 5 rings (SSSR count). The second-order valence-electron chi connectivity index (χ2n) is 6.53. The molecule has 2 aromatic rings. The highest BCUT2D eigenvalue weighted by Crippen LogP contribution is 2.55. The molecule has 1 saturated heterocycles. The van der Waals surface area contributed by atoms with Crippen LogP contribution in [0.3, 0.4) is 0 Å². The van der Waals surface area contributed by atoms with Crippen LogP contribution in [-0.4, -0.2) is 39.5 Å². The first kappa shape index (κ1) is 18.3. The van der Waals surface area contributed by atoms with Crippen LogP contribution in [0.25, 0.3) is 0 Å². The maximum absolute atomic E-state index is 13.6. The van der Waals surface area contributed by atoms with Crippen molar-refractivity contribution < 1.29 is 9.63 Å². The molecule has 1 amide bonds. The Bertz CT molecular complexity index is 1040. The first-order valence-corrected chi connectivity index (χ1v) is 10.5. The summed E-state index contributed by atoms with van der Waals surface area (Å²) in [6.45, 7) is 1.13. The summed E-state index contributed by atoms with van der Waals surface area (Å²) in [6, 6.07) is 12.4. The van der Waals surface area contributed by atoms with E-state index in [0.717, 1.165) is 5.56 Å². The molecule has 28 heavy (non-hydrogen) atoms. The van der Waals surface area contributed by atoms with Crippen molar-refractivity contribution in [1.82, 2.24) is 4.90 Å². The Morgan fingerprint density at radius 1 is 1.11 bits per heavy atom. The summed E-state index contributed by atoms with van der Waals surface area (Å²) in [6.07, 6.45) is -0.655. The fourth-order valence-corrected chi connectivity index (χ4v) is 5.82. The molecule has 0 aromatic heterocycles. The van der Waals surface area contributed by atoms with Gasteiger partial charge in [-0.2, -0.15) is 0 Å². The number of nitrogens with zero attached hydrogens (tertiary/aromatic N) is 3. The lowest BCUT2D eigenvalue weighted by molar-refractivity contribution is -0.129. The minimum atomic E-state index is -1.15. The van der Waals surface area contributed by atoms with Gasteiger partial charge in [0.15, 0.2) is 16.0 Å². The molecule has 0 radical (unpaired) electrons. The number of amides is 1. The van der Waals surface area contributed by atoms with Gasteiger partial charge in [0.1, 0.15) is 5.71 Å². The largest absolute Gasteiger partial charge is 0.385 e. The first-order valence-electron chi connectivity index (χ1n) is 8.52. The smallest absolute Gasteiger partial charge is 0.255 e. The molecular formula is C19H12Cl3N3O2S. The van der Waals surface area contributed by atoms with Gasteiger partial charge < -0.3 is 4.84 Å². The van der Waals surface area contributed by atoms with Crippen LogP contribution in [0.5, 0.6) is 0 Å². The lowest BCUT2D eigenvalue weighted by Crippen LogP contribution is -2.48. The minimum absolute atomic E-state index is 0.124. The third-order valence-corrected chi connectivity index (χ3v) is 7.28. The summed E-state index contributed by atoms with van der Waals surface area (Å²) in [4.78, 5) is 25.6. The number of hydrogen-bond acceptors (Lipinski definition) is 5. The highest BCUT2D eigenvalue weighted by molar-refractivity contribution is 8.17. The van der Waals surface area contributed by atoms with E-state index in [1.165, 1.54) is 11.8 Å². The molecule has 5 nitrogen and oxygen atoms in total. The van der Waals surface area contributed by atoms with Crippen molar-refractivity contribution in [2.45, 2.75) is 10.9 Å². The number of benzene rings is 2. The number of halogens is 3. The highest BCUT2D eigenvalue weighted by atomic mass is 35.5. The molecule has 1 spiro atoms. The Morgan fingerprint density at radius 3 is 2.50 bits per heavy atom. The molecule has 9 heteroatoms. The van der Waals surface area contributed by atoms with Gasteiger partial charge in [0.05, 0.1) is 16.6 Å². The van der Waals surface area contributed by atoms with Gasteiger partial charge >= 0.3 is 0 Å². The van der Waals surface area contributed by atoms with Crippen molar-refractivity contribution in [3.63, 3.8) is 0 Å². The summed E-state index contributed by atoms with van der Waals surface area (Å²) in [5.74, 6) is -0.124. The normalized spacial score (nSPS) is 25.8. The van der Waals surface area contributed by atoms with E-state index in [0.29, 0.717) is 44.6 Å². The third kappa shape index (κ3) is 2.52. The van der Waals surface area contributed by atoms with Crippen LogP contribution in [0.4, 0.5) is 0 Å². The highest BCUT2D eigenvalue weighted by Gasteiger charge is 2.65. The number of fused-ring (bicyclic) bond motifs is 1. The van der Waals surface area contributed by atoms with E-state index in [9.17, 15) is 4.79 Å². The average Bonchev–Trinajstić information content (AvgIpc) is 3.34. The van der Waals surface area contributed by atoms with Crippen molar-refractivity contribution in [3.8, 4) is 0 Å². The van der Waals surface area contributed by atoms with Gasteiger partial charge in [-0.3, -0.25) is 14.7 Å². The van der Waals surface area contributed by atoms with Crippen LogP contribution in [0, 0.1) is 0 Å². The number of carbonyl (C=O) groups is 1. The standard InChI is InChI=1S/C19H12Cl3N3O2S/c20-11-6-4-10(5-7-11)16-19(17(26)25-9-8-23-18(25)28-19)15(24-27-16)14-12(21)2-1-3-13(14)22/h1-7,16H,8-9H2. The predicted molar refractivity (Wildman–Crippen MR) is 113 cm³/mol. The van der Waals surface area contributed by atoms with Crippen LogP contribution < -0.4 is 0 Å². The van der Waals surface area contributed by atoms with E-state index in [-0.39, 0.29) is 5.91 Å². The maximum atomic E-state index is 13.6. The lowest BCUT2D eigenvalue weighted by atomic mass is 9.86. The number of carbonyl (C=O) groups excluding carboxylic acids is 1. The number of oxime groups is 1. The topological polar surface area (TPSA) is 54.3 Å². The summed E-state index contributed by atoms with van der Waals surface area (Å²) >= 11 is 20.3. The van der Waals surface area contributed by atoms with Crippen LogP contribution in [0.15, 0.2) is 52.6 Å². The van der Waals surface area contributed by atoms with Gasteiger partial charge in [0.25, 0.3) is 5.91 Å². The average molecular weight is 453 g/mol. The predicted octanol–water partition coefficient (Wildman–Crippen LogP) is 4.81. The quantitative estimate of drug-likeness (QED) is 0.657. The van der Waals surface area contributed by atoms with Crippen LogP contribution >= 0.6 is 46.6 Å². The Hall–Kier alpha value is -1.73. The monoisotopic (exact) mass is 451 g/mol. The zero-order valence-electron chi connectivity index (χ0n) is 14.2. The Kier molecular flexibility index (Phi) is 4.36. The maximum Gasteiger partial charge on any atom is 0.255 e. The SMILES string of the molecule is O=C1N2CCN=C2SC12C(c1c(Cl)cccc1Cl)=NOC2c1ccc(Cl)cc1. The Morgan fingerprint density at radius 2 is 1.82 bits per heavy atom. The molecule has 1 fully saturated rings. The van der Waals surface area contributed by atoms with Gasteiger partial charge in [0, 0.05) is 17.1 Å². The second-order valence-corrected chi connectivity index (χ2v) is 9.00. The molecule has 3 aliphatic rings. The number of amidine groups is 1. The van der Waals surface area contributed by atoms with Gasteiger partial charge in [-0.25, -0.2) is 0 Å². The third-order valence-electron chi connectivity index (χ3n) is 4.96. The number of rotatable bonds is 2. The van der Waals surface area contributed by atoms with Crippen LogP contribution in [-0.2, 0) is 9.63 Å². The molecule has 2 unspecified atom stereocenters. The fraction of sp³-hybridized carbons (Fsp3) is 0.211. The minimum Gasteiger partial charge on any atom is -0.385 e. The summed E-state index contributed by atoms with van der Waals surface area (Å²) < 4.78 is -1.15. The molecule has 3 aliphatic heterocycles. The molecule has 0 saturated carbocycles. The Labute approximate surface area is 180 Å².